The molecule has 0 saturated heterocycles. The summed E-state index contributed by atoms with van der Waals surface area (Å²) < 4.78 is 18.4. The molecule has 0 bridgehead atoms. The van der Waals surface area contributed by atoms with Gasteiger partial charge in [-0.15, -0.1) is 0 Å². The average molecular weight is 286 g/mol. The van der Waals surface area contributed by atoms with Gasteiger partial charge in [-0.05, 0) is 22.9 Å². The van der Waals surface area contributed by atoms with E-state index < -0.39 is 5.08 Å². The second kappa shape index (κ2) is 5.80. The lowest BCUT2D eigenvalue weighted by Gasteiger charge is -2.06. The summed E-state index contributed by atoms with van der Waals surface area (Å²) in [6.45, 7) is 5.45. The maximum atomic E-state index is 13.4. The molecule has 0 saturated carbocycles. The summed E-state index contributed by atoms with van der Waals surface area (Å²) in [6, 6.07) is 1.57. The molecule has 2 nitrogen and oxygen atoms in total. The van der Waals surface area contributed by atoms with Crippen LogP contribution in [0.1, 0.15) is 17.6 Å². The fourth-order valence-electron chi connectivity index (χ4n) is 1.37. The van der Waals surface area contributed by atoms with Crippen LogP contribution in [0.3, 0.4) is 0 Å². The zero-order valence-corrected chi connectivity index (χ0v) is 10.8. The molecule has 0 aliphatic heterocycles. The Morgan fingerprint density at radius 2 is 2.31 bits per heavy atom. The minimum Gasteiger partial charge on any atom is -0.481 e. The topological polar surface area (TPSA) is 22.1 Å². The first kappa shape index (κ1) is 12.9. The van der Waals surface area contributed by atoms with E-state index in [4.69, 9.17) is 4.74 Å². The van der Waals surface area contributed by atoms with E-state index in [9.17, 15) is 4.39 Å². The molecule has 1 unspecified atom stereocenters. The molecule has 16 heavy (non-hydrogen) atoms. The molecule has 86 valence electrons. The van der Waals surface area contributed by atoms with Crippen LogP contribution in [0.4, 0.5) is 4.39 Å². The maximum absolute atomic E-state index is 13.4. The molecule has 0 radical (unpaired) electrons. The third-order valence-corrected chi connectivity index (χ3v) is 2.59. The van der Waals surface area contributed by atoms with Crippen molar-refractivity contribution in [1.82, 2.24) is 4.98 Å². The molecule has 0 N–H and O–H groups in total. The van der Waals surface area contributed by atoms with Crippen molar-refractivity contribution < 1.29 is 9.13 Å². The van der Waals surface area contributed by atoms with Gasteiger partial charge < -0.3 is 4.74 Å². The Hall–Kier alpha value is -1.16. The fourth-order valence-corrected chi connectivity index (χ4v) is 1.75. The first-order chi connectivity index (χ1) is 7.63. The average Bonchev–Trinajstić information content (AvgIpc) is 2.29. The number of methoxy groups -OCH3 is 1. The first-order valence-corrected chi connectivity index (χ1v) is 5.67. The van der Waals surface area contributed by atoms with Crippen LogP contribution in [-0.2, 0) is 0 Å². The summed E-state index contributed by atoms with van der Waals surface area (Å²) in [6.07, 6.45) is 5.14. The Bertz CT molecular complexity index is 496. The number of hydrogen-bond donors (Lipinski definition) is 0. The van der Waals surface area contributed by atoms with E-state index in [1.54, 1.807) is 24.3 Å². The van der Waals surface area contributed by atoms with Gasteiger partial charge in [0.05, 0.1) is 12.5 Å². The molecule has 1 aromatic heterocycles. The lowest BCUT2D eigenvalue weighted by Crippen LogP contribution is -2.31. The SMILES string of the molecule is C=C/C=c1/c(C(F)Br)cc(OC)n/c1=C/C. The van der Waals surface area contributed by atoms with Gasteiger partial charge in [0.15, 0.2) is 5.08 Å². The molecule has 4 heteroatoms. The minimum absolute atomic E-state index is 0.395. The van der Waals surface area contributed by atoms with Crippen LogP contribution in [0.2, 0.25) is 0 Å². The van der Waals surface area contributed by atoms with Crippen LogP contribution in [0.15, 0.2) is 18.7 Å². The highest BCUT2D eigenvalue weighted by Gasteiger charge is 2.10. The second-order valence-corrected chi connectivity index (χ2v) is 3.85. The van der Waals surface area contributed by atoms with Gasteiger partial charge in [0.25, 0.3) is 0 Å². The Kier molecular flexibility index (Phi) is 4.68. The van der Waals surface area contributed by atoms with E-state index >= 15 is 0 Å². The van der Waals surface area contributed by atoms with E-state index in [0.717, 1.165) is 0 Å². The van der Waals surface area contributed by atoms with Crippen molar-refractivity contribution in [1.29, 1.82) is 0 Å². The maximum Gasteiger partial charge on any atom is 0.213 e. The number of aromatic nitrogens is 1. The number of allylic oxidation sites excluding steroid dienone is 1. The van der Waals surface area contributed by atoms with Gasteiger partial charge in [0.1, 0.15) is 0 Å². The van der Waals surface area contributed by atoms with Crippen LogP contribution in [0.25, 0.3) is 12.2 Å². The molecule has 1 heterocycles. The van der Waals surface area contributed by atoms with Crippen molar-refractivity contribution >= 4 is 28.1 Å². The summed E-state index contributed by atoms with van der Waals surface area (Å²) in [7, 11) is 1.50. The van der Waals surface area contributed by atoms with Gasteiger partial charge in [-0.1, -0.05) is 24.8 Å². The van der Waals surface area contributed by atoms with Crippen LogP contribution in [0, 0.1) is 0 Å². The predicted octanol–water partition coefficient (Wildman–Crippen LogP) is 2.22. The minimum atomic E-state index is -1.26. The highest BCUT2D eigenvalue weighted by molar-refractivity contribution is 9.09. The lowest BCUT2D eigenvalue weighted by atomic mass is 10.2. The van der Waals surface area contributed by atoms with Crippen molar-refractivity contribution in [3.05, 3.63) is 34.9 Å². The van der Waals surface area contributed by atoms with Crippen molar-refractivity contribution in [2.75, 3.05) is 7.11 Å². The number of halogens is 2. The quantitative estimate of drug-likeness (QED) is 0.795. The highest BCUT2D eigenvalue weighted by Crippen LogP contribution is 2.21. The highest BCUT2D eigenvalue weighted by atomic mass is 79.9. The third-order valence-electron chi connectivity index (χ3n) is 2.10. The van der Waals surface area contributed by atoms with Gasteiger partial charge in [-0.25, -0.2) is 9.37 Å². The number of alkyl halides is 2. The summed E-state index contributed by atoms with van der Waals surface area (Å²) in [5, 5.41) is 0.133. The molecule has 0 spiro atoms. The van der Waals surface area contributed by atoms with E-state index in [1.165, 1.54) is 7.11 Å². The molecule has 0 fully saturated rings. The summed E-state index contributed by atoms with van der Waals surface area (Å²) in [5.41, 5.74) is 0.486. The van der Waals surface area contributed by atoms with Crippen molar-refractivity contribution in [2.24, 2.45) is 0 Å². The molecule has 0 aliphatic carbocycles. The summed E-state index contributed by atoms with van der Waals surface area (Å²) in [5.74, 6) is 0.395. The van der Waals surface area contributed by atoms with Gasteiger partial charge in [-0.2, -0.15) is 0 Å². The molecule has 0 aromatic carbocycles. The Morgan fingerprint density at radius 1 is 1.62 bits per heavy atom. The molecular formula is C12H13BrFNO. The van der Waals surface area contributed by atoms with E-state index in [0.29, 0.717) is 22.0 Å². The van der Waals surface area contributed by atoms with E-state index in [1.807, 2.05) is 6.92 Å². The fraction of sp³-hybridized carbons (Fsp3) is 0.250. The van der Waals surface area contributed by atoms with Crippen molar-refractivity contribution in [3.8, 4) is 5.88 Å². The molecular weight excluding hydrogens is 273 g/mol. The molecule has 0 aliphatic rings. The van der Waals surface area contributed by atoms with E-state index in [-0.39, 0.29) is 0 Å². The number of rotatable bonds is 3. The molecule has 1 atom stereocenters. The Balaban J connectivity index is 3.69. The molecule has 1 rings (SSSR count). The number of nitrogens with zero attached hydrogens (tertiary/aromatic N) is 1. The van der Waals surface area contributed by atoms with Gasteiger partial charge in [0, 0.05) is 16.8 Å². The van der Waals surface area contributed by atoms with E-state index in [2.05, 4.69) is 27.5 Å². The predicted molar refractivity (Wildman–Crippen MR) is 67.6 cm³/mol. The van der Waals surface area contributed by atoms with Crippen LogP contribution >= 0.6 is 15.9 Å². The molecule has 0 amide bonds. The molecule has 1 aromatic rings. The monoisotopic (exact) mass is 285 g/mol. The number of hydrogen-bond acceptors (Lipinski definition) is 2. The third kappa shape index (κ3) is 2.70. The van der Waals surface area contributed by atoms with Gasteiger partial charge >= 0.3 is 0 Å². The zero-order chi connectivity index (χ0) is 12.1. The Morgan fingerprint density at radius 3 is 2.75 bits per heavy atom. The first-order valence-electron chi connectivity index (χ1n) is 4.76. The second-order valence-electron chi connectivity index (χ2n) is 3.04. The lowest BCUT2D eigenvalue weighted by molar-refractivity contribution is 0.393. The Labute approximate surface area is 102 Å². The van der Waals surface area contributed by atoms with Crippen LogP contribution in [-0.4, -0.2) is 12.1 Å². The van der Waals surface area contributed by atoms with Gasteiger partial charge in [0.2, 0.25) is 5.88 Å². The summed E-state index contributed by atoms with van der Waals surface area (Å²) in [4.78, 5) is 4.23. The number of pyridine rings is 1. The van der Waals surface area contributed by atoms with Crippen LogP contribution in [0.5, 0.6) is 5.88 Å². The normalized spacial score (nSPS) is 15.0. The van der Waals surface area contributed by atoms with Crippen molar-refractivity contribution in [3.63, 3.8) is 0 Å². The smallest absolute Gasteiger partial charge is 0.213 e. The number of ether oxygens (including phenoxy) is 1. The van der Waals surface area contributed by atoms with Crippen molar-refractivity contribution in [2.45, 2.75) is 12.0 Å². The summed E-state index contributed by atoms with van der Waals surface area (Å²) >= 11 is 2.91. The standard InChI is InChI=1S/C12H13BrFNO/c1-4-6-8-9(12(13)14)7-11(16-3)15-10(8)5-2/h4-7,12H,1H2,2-3H3/b8-6-,10-5+. The zero-order valence-electron chi connectivity index (χ0n) is 9.21. The van der Waals surface area contributed by atoms with Gasteiger partial charge in [-0.3, -0.25) is 0 Å². The van der Waals surface area contributed by atoms with Crippen LogP contribution < -0.4 is 15.3 Å². The largest absolute Gasteiger partial charge is 0.481 e.